The van der Waals surface area contributed by atoms with E-state index in [1.807, 2.05) is 52.0 Å². The molecule has 0 aliphatic carbocycles. The molecule has 0 saturated carbocycles. The molecule has 0 bridgehead atoms. The Morgan fingerprint density at radius 2 is 1.50 bits per heavy atom. The molecule has 0 radical (unpaired) electrons. The quantitative estimate of drug-likeness (QED) is 0.360. The van der Waals surface area contributed by atoms with Gasteiger partial charge in [0.05, 0.1) is 10.6 Å². The number of para-hydroxylation sites is 1. The number of benzene rings is 3. The summed E-state index contributed by atoms with van der Waals surface area (Å²) >= 11 is 0. The number of nitrogens with one attached hydrogen (secondary N) is 1. The summed E-state index contributed by atoms with van der Waals surface area (Å²) in [5, 5.41) is 2.90. The average molecular weight is 536 g/mol. The van der Waals surface area contributed by atoms with Crippen LogP contribution in [0.15, 0.2) is 83.8 Å². The van der Waals surface area contributed by atoms with Crippen molar-refractivity contribution in [3.8, 4) is 0 Å². The van der Waals surface area contributed by atoms with Gasteiger partial charge in [0.25, 0.3) is 10.0 Å². The van der Waals surface area contributed by atoms with E-state index in [1.165, 1.54) is 4.90 Å². The van der Waals surface area contributed by atoms with Crippen LogP contribution in [0, 0.1) is 13.8 Å². The third-order valence-corrected chi connectivity index (χ3v) is 8.26. The third-order valence-electron chi connectivity index (χ3n) is 6.47. The van der Waals surface area contributed by atoms with E-state index in [1.54, 1.807) is 54.6 Å². The Labute approximate surface area is 226 Å². The topological polar surface area (TPSA) is 86.8 Å². The lowest BCUT2D eigenvalue weighted by molar-refractivity contribution is -0.140. The summed E-state index contributed by atoms with van der Waals surface area (Å²) in [4.78, 5) is 28.7. The van der Waals surface area contributed by atoms with Crippen LogP contribution in [-0.2, 0) is 26.2 Å². The van der Waals surface area contributed by atoms with Gasteiger partial charge in [-0.1, -0.05) is 74.0 Å². The number of anilines is 1. The summed E-state index contributed by atoms with van der Waals surface area (Å²) in [5.74, 6) is -0.699. The van der Waals surface area contributed by atoms with Crippen molar-refractivity contribution in [2.45, 2.75) is 58.0 Å². The predicted molar refractivity (Wildman–Crippen MR) is 151 cm³/mol. The van der Waals surface area contributed by atoms with E-state index in [-0.39, 0.29) is 17.3 Å². The van der Waals surface area contributed by atoms with Crippen molar-refractivity contribution in [2.24, 2.45) is 0 Å². The maximum atomic E-state index is 14.0. The van der Waals surface area contributed by atoms with E-state index >= 15 is 0 Å². The van der Waals surface area contributed by atoms with Crippen molar-refractivity contribution in [2.75, 3.05) is 17.4 Å². The Morgan fingerprint density at radius 3 is 2.11 bits per heavy atom. The first-order chi connectivity index (χ1) is 18.2. The molecular formula is C30H37N3O4S. The van der Waals surface area contributed by atoms with Gasteiger partial charge < -0.3 is 10.2 Å². The minimum Gasteiger partial charge on any atom is -0.354 e. The SMILES string of the molecule is CCCNC(=O)C(CC)N(Cc1ccccc1C)C(=O)CN(c1ccccc1)S(=O)(=O)c1ccc(C)cc1. The summed E-state index contributed by atoms with van der Waals surface area (Å²) in [5.41, 5.74) is 3.19. The molecule has 1 unspecified atom stereocenters. The summed E-state index contributed by atoms with van der Waals surface area (Å²) < 4.78 is 28.7. The zero-order valence-electron chi connectivity index (χ0n) is 22.6. The molecule has 7 nitrogen and oxygen atoms in total. The zero-order chi connectivity index (χ0) is 27.7. The van der Waals surface area contributed by atoms with E-state index in [0.29, 0.717) is 18.7 Å². The van der Waals surface area contributed by atoms with Gasteiger partial charge in [-0.2, -0.15) is 0 Å². The summed E-state index contributed by atoms with van der Waals surface area (Å²) in [6.45, 7) is 7.90. The molecule has 3 aromatic carbocycles. The Hall–Kier alpha value is -3.65. The van der Waals surface area contributed by atoms with Crippen LogP contribution in [0.1, 0.15) is 43.4 Å². The largest absolute Gasteiger partial charge is 0.354 e. The fourth-order valence-electron chi connectivity index (χ4n) is 4.22. The number of rotatable bonds is 12. The Morgan fingerprint density at radius 1 is 0.868 bits per heavy atom. The average Bonchev–Trinajstić information content (AvgIpc) is 2.92. The number of aryl methyl sites for hydroxylation is 2. The van der Waals surface area contributed by atoms with Gasteiger partial charge >= 0.3 is 0 Å². The molecule has 0 aromatic heterocycles. The third kappa shape index (κ3) is 7.01. The number of carbonyl (C=O) groups is 2. The molecule has 202 valence electrons. The Balaban J connectivity index is 2.03. The number of amides is 2. The van der Waals surface area contributed by atoms with Crippen molar-refractivity contribution in [3.05, 3.63) is 95.6 Å². The van der Waals surface area contributed by atoms with Gasteiger partial charge in [-0.05, 0) is 62.1 Å². The van der Waals surface area contributed by atoms with Crippen molar-refractivity contribution in [3.63, 3.8) is 0 Å². The number of hydrogen-bond donors (Lipinski definition) is 1. The van der Waals surface area contributed by atoms with Crippen molar-refractivity contribution in [1.82, 2.24) is 10.2 Å². The van der Waals surface area contributed by atoms with Gasteiger partial charge in [0, 0.05) is 13.1 Å². The van der Waals surface area contributed by atoms with E-state index < -0.39 is 28.5 Å². The molecule has 2 amide bonds. The van der Waals surface area contributed by atoms with Crippen LogP contribution in [0.3, 0.4) is 0 Å². The first kappa shape index (κ1) is 28.9. The molecule has 8 heteroatoms. The molecular weight excluding hydrogens is 498 g/mol. The lowest BCUT2D eigenvalue weighted by atomic mass is 10.1. The van der Waals surface area contributed by atoms with Crippen LogP contribution in [0.2, 0.25) is 0 Å². The molecule has 0 saturated heterocycles. The van der Waals surface area contributed by atoms with Crippen LogP contribution >= 0.6 is 0 Å². The maximum absolute atomic E-state index is 14.0. The number of nitrogens with zero attached hydrogens (tertiary/aromatic N) is 2. The lowest BCUT2D eigenvalue weighted by Crippen LogP contribution is -2.52. The van der Waals surface area contributed by atoms with Crippen LogP contribution in [0.5, 0.6) is 0 Å². The van der Waals surface area contributed by atoms with Crippen molar-refractivity contribution in [1.29, 1.82) is 0 Å². The first-order valence-corrected chi connectivity index (χ1v) is 14.4. The van der Waals surface area contributed by atoms with Crippen molar-refractivity contribution < 1.29 is 18.0 Å². The molecule has 0 fully saturated rings. The molecule has 3 aromatic rings. The summed E-state index contributed by atoms with van der Waals surface area (Å²) in [6, 6.07) is 22.1. The predicted octanol–water partition coefficient (Wildman–Crippen LogP) is 4.83. The summed E-state index contributed by atoms with van der Waals surface area (Å²) in [7, 11) is -4.06. The van der Waals surface area contributed by atoms with E-state index in [2.05, 4.69) is 5.32 Å². The van der Waals surface area contributed by atoms with Gasteiger partial charge in [-0.3, -0.25) is 13.9 Å². The Bertz CT molecular complexity index is 1330. The minimum absolute atomic E-state index is 0.0953. The molecule has 38 heavy (non-hydrogen) atoms. The first-order valence-electron chi connectivity index (χ1n) is 12.9. The van der Waals surface area contributed by atoms with Gasteiger partial charge in [0.2, 0.25) is 11.8 Å². The number of sulfonamides is 1. The fourth-order valence-corrected chi connectivity index (χ4v) is 5.63. The number of carbonyl (C=O) groups excluding carboxylic acids is 2. The monoisotopic (exact) mass is 535 g/mol. The number of hydrogen-bond acceptors (Lipinski definition) is 4. The molecule has 3 rings (SSSR count). The maximum Gasteiger partial charge on any atom is 0.264 e. The van der Waals surface area contributed by atoms with Crippen LogP contribution in [0.25, 0.3) is 0 Å². The molecule has 0 heterocycles. The zero-order valence-corrected chi connectivity index (χ0v) is 23.4. The highest BCUT2D eigenvalue weighted by atomic mass is 32.2. The van der Waals surface area contributed by atoms with E-state index in [9.17, 15) is 18.0 Å². The van der Waals surface area contributed by atoms with Gasteiger partial charge in [0.1, 0.15) is 12.6 Å². The second kappa shape index (κ2) is 13.2. The second-order valence-corrected chi connectivity index (χ2v) is 11.2. The fraction of sp³-hybridized carbons (Fsp3) is 0.333. The highest BCUT2D eigenvalue weighted by Crippen LogP contribution is 2.25. The van der Waals surface area contributed by atoms with Gasteiger partial charge in [-0.15, -0.1) is 0 Å². The van der Waals surface area contributed by atoms with E-state index in [0.717, 1.165) is 27.4 Å². The van der Waals surface area contributed by atoms with Gasteiger partial charge in [0.15, 0.2) is 0 Å². The highest BCUT2D eigenvalue weighted by Gasteiger charge is 2.33. The molecule has 1 atom stereocenters. The van der Waals surface area contributed by atoms with Crippen molar-refractivity contribution >= 4 is 27.5 Å². The normalized spacial score (nSPS) is 12.0. The van der Waals surface area contributed by atoms with E-state index in [4.69, 9.17) is 0 Å². The standard InChI is InChI=1S/C30H37N3O4S/c1-5-20-31-30(35)28(6-2)32(21-25-13-11-10-12-24(25)4)29(34)22-33(26-14-8-7-9-15-26)38(36,37)27-18-16-23(3)17-19-27/h7-19,28H,5-6,20-22H2,1-4H3,(H,31,35). The minimum atomic E-state index is -4.06. The second-order valence-electron chi connectivity index (χ2n) is 9.32. The molecule has 0 spiro atoms. The molecule has 0 aliphatic rings. The van der Waals surface area contributed by atoms with Crippen LogP contribution in [-0.4, -0.2) is 44.3 Å². The molecule has 1 N–H and O–H groups in total. The highest BCUT2D eigenvalue weighted by molar-refractivity contribution is 7.92. The lowest BCUT2D eigenvalue weighted by Gasteiger charge is -2.33. The molecule has 0 aliphatic heterocycles. The smallest absolute Gasteiger partial charge is 0.264 e. The van der Waals surface area contributed by atoms with Gasteiger partial charge in [-0.25, -0.2) is 8.42 Å². The summed E-state index contributed by atoms with van der Waals surface area (Å²) in [6.07, 6.45) is 1.16. The van der Waals surface area contributed by atoms with Crippen LogP contribution in [0.4, 0.5) is 5.69 Å². The Kier molecular flexibility index (Phi) is 10.1. The van der Waals surface area contributed by atoms with Crippen LogP contribution < -0.4 is 9.62 Å².